The zero-order chi connectivity index (χ0) is 12.0. The highest BCUT2D eigenvalue weighted by Crippen LogP contribution is 2.35. The van der Waals surface area contributed by atoms with Gasteiger partial charge in [0.2, 0.25) is 0 Å². The van der Waals surface area contributed by atoms with Gasteiger partial charge in [-0.1, -0.05) is 69.2 Å². The molecule has 0 aliphatic carbocycles. The monoisotopic (exact) mass is 230 g/mol. The van der Waals surface area contributed by atoms with E-state index < -0.39 is 8.07 Å². The lowest BCUT2D eigenvalue weighted by Gasteiger charge is -2.34. The van der Waals surface area contributed by atoms with Gasteiger partial charge in [0.1, 0.15) is 0 Å². The highest BCUT2D eigenvalue weighted by atomic mass is 28.3. The van der Waals surface area contributed by atoms with Gasteiger partial charge >= 0.3 is 0 Å². The predicted octanol–water partition coefficient (Wildman–Crippen LogP) is 4.45. The van der Waals surface area contributed by atoms with Crippen molar-refractivity contribution >= 4 is 8.07 Å². The van der Waals surface area contributed by atoms with Crippen LogP contribution >= 0.6 is 0 Å². The molecule has 0 radical (unpaired) electrons. The summed E-state index contributed by atoms with van der Waals surface area (Å²) in [6, 6.07) is 14.5. The molecule has 1 unspecified atom stereocenters. The van der Waals surface area contributed by atoms with E-state index in [-0.39, 0.29) is 0 Å². The number of benzene rings is 1. The van der Waals surface area contributed by atoms with Gasteiger partial charge in [-0.2, -0.15) is 0 Å². The topological polar surface area (TPSA) is 0 Å². The zero-order valence-electron chi connectivity index (χ0n) is 10.7. The molecule has 0 aromatic heterocycles. The fraction of sp³-hybridized carbons (Fsp3) is 0.467. The van der Waals surface area contributed by atoms with Crippen LogP contribution in [0.4, 0.5) is 0 Å². The first-order chi connectivity index (χ1) is 7.74. The molecule has 0 amide bonds. The predicted molar refractivity (Wildman–Crippen MR) is 75.2 cm³/mol. The maximum absolute atomic E-state index is 5.80. The smallest absolute Gasteiger partial charge is 0.0751 e. The van der Waals surface area contributed by atoms with Crippen LogP contribution in [0.25, 0.3) is 0 Å². The third kappa shape index (κ3) is 2.39. The molecule has 1 rings (SSSR count). The van der Waals surface area contributed by atoms with Crippen LogP contribution in [0, 0.1) is 12.3 Å². The van der Waals surface area contributed by atoms with Gasteiger partial charge in [-0.3, -0.25) is 0 Å². The van der Waals surface area contributed by atoms with Crippen molar-refractivity contribution in [2.75, 3.05) is 0 Å². The quantitative estimate of drug-likeness (QED) is 0.518. The van der Waals surface area contributed by atoms with Crippen molar-refractivity contribution in [1.82, 2.24) is 0 Å². The summed E-state index contributed by atoms with van der Waals surface area (Å²) in [5.74, 6) is 3.07. The van der Waals surface area contributed by atoms with Crippen LogP contribution in [-0.2, 0) is 0 Å². The molecule has 1 atom stereocenters. The molecule has 0 spiro atoms. The summed E-state index contributed by atoms with van der Waals surface area (Å²) in [5.41, 5.74) is 1.73. The van der Waals surface area contributed by atoms with E-state index in [1.54, 1.807) is 0 Å². The van der Waals surface area contributed by atoms with E-state index in [2.05, 4.69) is 57.0 Å². The van der Waals surface area contributed by atoms with Crippen molar-refractivity contribution in [2.45, 2.75) is 44.4 Å². The lowest BCUT2D eigenvalue weighted by Crippen LogP contribution is -2.39. The summed E-state index contributed by atoms with van der Waals surface area (Å²) in [5, 5.41) is 0. The van der Waals surface area contributed by atoms with Gasteiger partial charge in [0.15, 0.2) is 0 Å². The SMILES string of the molecule is C#CC(c1ccccc1)[Si](CC)(CC)CC. The van der Waals surface area contributed by atoms with E-state index in [1.807, 2.05) is 0 Å². The lowest BCUT2D eigenvalue weighted by atomic mass is 10.1. The summed E-state index contributed by atoms with van der Waals surface area (Å²) in [6.45, 7) is 6.94. The Morgan fingerprint density at radius 1 is 1.06 bits per heavy atom. The van der Waals surface area contributed by atoms with Crippen molar-refractivity contribution < 1.29 is 0 Å². The summed E-state index contributed by atoms with van der Waals surface area (Å²) in [4.78, 5) is 0. The molecular formula is C15H22Si. The number of hydrogen-bond acceptors (Lipinski definition) is 0. The van der Waals surface area contributed by atoms with Gasteiger partial charge in [0.25, 0.3) is 0 Å². The Bertz CT molecular complexity index is 335. The van der Waals surface area contributed by atoms with Crippen LogP contribution in [0.3, 0.4) is 0 Å². The summed E-state index contributed by atoms with van der Waals surface area (Å²) >= 11 is 0. The molecule has 1 heteroatoms. The van der Waals surface area contributed by atoms with Crippen molar-refractivity contribution in [3.05, 3.63) is 35.9 Å². The van der Waals surface area contributed by atoms with Crippen molar-refractivity contribution in [3.63, 3.8) is 0 Å². The fourth-order valence-electron chi connectivity index (χ4n) is 2.63. The first kappa shape index (κ1) is 13.1. The minimum atomic E-state index is -1.32. The van der Waals surface area contributed by atoms with Crippen LogP contribution in [0.2, 0.25) is 18.1 Å². The van der Waals surface area contributed by atoms with Crippen molar-refractivity contribution in [3.8, 4) is 12.3 Å². The largest absolute Gasteiger partial charge is 0.120 e. The Morgan fingerprint density at radius 3 is 1.94 bits per heavy atom. The molecule has 0 nitrogen and oxygen atoms in total. The van der Waals surface area contributed by atoms with E-state index in [0.717, 1.165) is 0 Å². The Balaban J connectivity index is 3.11. The Kier molecular flexibility index (Phi) is 4.83. The second kappa shape index (κ2) is 5.91. The van der Waals surface area contributed by atoms with Gasteiger partial charge in [-0.25, -0.2) is 0 Å². The van der Waals surface area contributed by atoms with Crippen molar-refractivity contribution in [2.24, 2.45) is 0 Å². The molecule has 0 saturated heterocycles. The third-order valence-corrected chi connectivity index (χ3v) is 9.97. The van der Waals surface area contributed by atoms with Crippen LogP contribution in [0.15, 0.2) is 30.3 Å². The molecule has 0 heterocycles. The fourth-order valence-corrected chi connectivity index (χ4v) is 6.61. The average Bonchev–Trinajstić information content (AvgIpc) is 2.37. The minimum Gasteiger partial charge on any atom is -0.120 e. The first-order valence-electron chi connectivity index (χ1n) is 6.25. The van der Waals surface area contributed by atoms with Gasteiger partial charge in [0.05, 0.1) is 8.07 Å². The molecule has 0 N–H and O–H groups in total. The summed E-state index contributed by atoms with van der Waals surface area (Å²) < 4.78 is 0. The summed E-state index contributed by atoms with van der Waals surface area (Å²) in [7, 11) is -1.32. The van der Waals surface area contributed by atoms with E-state index in [9.17, 15) is 0 Å². The third-order valence-electron chi connectivity index (χ3n) is 4.02. The molecule has 0 fully saturated rings. The maximum Gasteiger partial charge on any atom is 0.0751 e. The summed E-state index contributed by atoms with van der Waals surface area (Å²) in [6.07, 6.45) is 5.80. The zero-order valence-corrected chi connectivity index (χ0v) is 11.7. The Morgan fingerprint density at radius 2 is 1.56 bits per heavy atom. The molecule has 0 bridgehead atoms. The van der Waals surface area contributed by atoms with Crippen LogP contribution < -0.4 is 0 Å². The highest BCUT2D eigenvalue weighted by Gasteiger charge is 2.36. The van der Waals surface area contributed by atoms with Gasteiger partial charge in [-0.15, -0.1) is 12.3 Å². The molecule has 16 heavy (non-hydrogen) atoms. The van der Waals surface area contributed by atoms with Gasteiger partial charge in [-0.05, 0) is 5.56 Å². The average molecular weight is 230 g/mol. The second-order valence-electron chi connectivity index (χ2n) is 4.43. The molecule has 0 aliphatic heterocycles. The normalized spacial score (nSPS) is 13.1. The van der Waals surface area contributed by atoms with E-state index in [0.29, 0.717) is 5.54 Å². The highest BCUT2D eigenvalue weighted by molar-refractivity contribution is 6.81. The van der Waals surface area contributed by atoms with Gasteiger partial charge in [0, 0.05) is 5.54 Å². The van der Waals surface area contributed by atoms with E-state index >= 15 is 0 Å². The lowest BCUT2D eigenvalue weighted by molar-refractivity contribution is 1.04. The van der Waals surface area contributed by atoms with Gasteiger partial charge < -0.3 is 0 Å². The number of terminal acetylenes is 1. The number of rotatable bonds is 5. The number of hydrogen-bond donors (Lipinski definition) is 0. The molecule has 0 aliphatic rings. The molecule has 0 saturated carbocycles. The molecular weight excluding hydrogens is 208 g/mol. The van der Waals surface area contributed by atoms with E-state index in [1.165, 1.54) is 23.7 Å². The molecule has 86 valence electrons. The molecule has 1 aromatic carbocycles. The first-order valence-corrected chi connectivity index (χ1v) is 8.95. The second-order valence-corrected chi connectivity index (χ2v) is 9.86. The van der Waals surface area contributed by atoms with Crippen LogP contribution in [0.1, 0.15) is 31.9 Å². The van der Waals surface area contributed by atoms with E-state index in [4.69, 9.17) is 6.42 Å². The minimum absolute atomic E-state index is 0.383. The van der Waals surface area contributed by atoms with Crippen LogP contribution in [-0.4, -0.2) is 8.07 Å². The maximum atomic E-state index is 5.80. The Hall–Kier alpha value is -1.00. The molecule has 1 aromatic rings. The Labute approximate surface area is 101 Å². The standard InChI is InChI=1S/C15H22Si/c1-5-15(14-12-10-9-11-13-14)16(6-2,7-3)8-4/h1,9-13,15H,6-8H2,2-4H3. The van der Waals surface area contributed by atoms with Crippen LogP contribution in [0.5, 0.6) is 0 Å². The van der Waals surface area contributed by atoms with Crippen molar-refractivity contribution in [1.29, 1.82) is 0 Å².